The number of hydrazine groups is 1. The van der Waals surface area contributed by atoms with E-state index in [1.165, 1.54) is 6.42 Å². The fraction of sp³-hybridized carbons (Fsp3) is 0.333. The summed E-state index contributed by atoms with van der Waals surface area (Å²) in [5.41, 5.74) is 5.33. The second-order valence-corrected chi connectivity index (χ2v) is 10.1. The van der Waals surface area contributed by atoms with E-state index in [0.29, 0.717) is 37.8 Å². The Hall–Kier alpha value is -1.96. The van der Waals surface area contributed by atoms with Crippen molar-refractivity contribution in [3.8, 4) is 22.7 Å². The number of piperidine rings is 1. The van der Waals surface area contributed by atoms with Crippen molar-refractivity contribution in [2.45, 2.75) is 38.7 Å². The number of halogens is 4. The van der Waals surface area contributed by atoms with E-state index in [-0.39, 0.29) is 18.3 Å². The second kappa shape index (κ2) is 9.59. The first-order valence-electron chi connectivity index (χ1n) is 10.9. The smallest absolute Gasteiger partial charge is 0.286 e. The van der Waals surface area contributed by atoms with Gasteiger partial charge in [0.25, 0.3) is 5.91 Å². The predicted molar refractivity (Wildman–Crippen MR) is 138 cm³/mol. The van der Waals surface area contributed by atoms with Gasteiger partial charge < -0.3 is 4.74 Å². The number of aromatic nitrogens is 2. The second-order valence-electron chi connectivity index (χ2n) is 8.82. The Balaban J connectivity index is 0.00000274. The lowest BCUT2D eigenvalue weighted by Gasteiger charge is -2.34. The zero-order valence-corrected chi connectivity index (χ0v) is 21.8. The Bertz CT molecular complexity index is 1250. The minimum atomic E-state index is -0.835. The minimum Gasteiger partial charge on any atom is -0.482 e. The van der Waals surface area contributed by atoms with Crippen LogP contribution < -0.4 is 10.2 Å². The van der Waals surface area contributed by atoms with Crippen molar-refractivity contribution in [2.75, 3.05) is 13.1 Å². The number of nitrogens with one attached hydrogen (secondary N) is 1. The first-order chi connectivity index (χ1) is 15.7. The van der Waals surface area contributed by atoms with Crippen LogP contribution in [-0.2, 0) is 5.60 Å². The van der Waals surface area contributed by atoms with Crippen molar-refractivity contribution < 1.29 is 9.53 Å². The zero-order chi connectivity index (χ0) is 23.3. The molecule has 3 heterocycles. The molecular weight excluding hydrogens is 518 g/mol. The summed E-state index contributed by atoms with van der Waals surface area (Å²) in [6.07, 6.45) is 3.28. The number of ether oxygens (including phenoxy) is 1. The summed E-state index contributed by atoms with van der Waals surface area (Å²) in [6.45, 7) is 5.48. The number of rotatable bonds is 3. The van der Waals surface area contributed by atoms with Crippen LogP contribution in [0.3, 0.4) is 0 Å². The van der Waals surface area contributed by atoms with Gasteiger partial charge in [-0.05, 0) is 63.1 Å². The van der Waals surface area contributed by atoms with E-state index in [2.05, 4.69) is 5.43 Å². The molecule has 0 bridgehead atoms. The number of benzene rings is 2. The average Bonchev–Trinajstić information content (AvgIpc) is 3.16. The lowest BCUT2D eigenvalue weighted by atomic mass is 9.89. The highest BCUT2D eigenvalue weighted by Crippen LogP contribution is 2.48. The highest BCUT2D eigenvalue weighted by atomic mass is 35.5. The lowest BCUT2D eigenvalue weighted by Crippen LogP contribution is -2.46. The molecule has 0 saturated carbocycles. The molecule has 1 N–H and O–H groups in total. The number of carbonyl (C=O) groups is 1. The van der Waals surface area contributed by atoms with E-state index >= 15 is 0 Å². The van der Waals surface area contributed by atoms with Gasteiger partial charge in [-0.25, -0.2) is 9.69 Å². The molecular formula is C24H24Cl4N4O2. The van der Waals surface area contributed by atoms with E-state index < -0.39 is 5.60 Å². The van der Waals surface area contributed by atoms with Gasteiger partial charge in [-0.1, -0.05) is 41.2 Å². The number of amides is 1. The van der Waals surface area contributed by atoms with Crippen molar-refractivity contribution in [3.05, 3.63) is 62.7 Å². The minimum absolute atomic E-state index is 0. The van der Waals surface area contributed by atoms with E-state index in [1.807, 2.05) is 24.9 Å². The van der Waals surface area contributed by atoms with Crippen LogP contribution in [0.4, 0.5) is 0 Å². The van der Waals surface area contributed by atoms with Crippen molar-refractivity contribution in [3.63, 3.8) is 0 Å². The van der Waals surface area contributed by atoms with Gasteiger partial charge in [0.15, 0.2) is 5.69 Å². The molecule has 0 spiro atoms. The molecule has 34 heavy (non-hydrogen) atoms. The third kappa shape index (κ3) is 4.50. The van der Waals surface area contributed by atoms with Gasteiger partial charge in [0.2, 0.25) is 0 Å². The highest BCUT2D eigenvalue weighted by Gasteiger charge is 2.41. The molecule has 2 aliphatic rings. The third-order valence-corrected chi connectivity index (χ3v) is 6.79. The summed E-state index contributed by atoms with van der Waals surface area (Å²) in [5, 5.41) is 8.23. The quantitative estimate of drug-likeness (QED) is 0.401. The van der Waals surface area contributed by atoms with Crippen LogP contribution in [0.1, 0.15) is 49.2 Å². The van der Waals surface area contributed by atoms with Crippen molar-refractivity contribution >= 4 is 53.1 Å². The standard InChI is InChI=1S/C24H23Cl3N4O2.ClH/c1-24(2)20-21(23(32)29-30-10-4-3-5-11-30)28-31(18-9-7-14(25)12-17(18)27)22(20)16-8-6-15(26)13-19(16)33-24;/h6-9,12-13H,3-5,10-11H2,1-2H3,(H,29,32);1H. The molecule has 1 fully saturated rings. The average molecular weight is 542 g/mol. The Labute approximate surface area is 219 Å². The van der Waals surface area contributed by atoms with E-state index in [4.69, 9.17) is 44.6 Å². The highest BCUT2D eigenvalue weighted by molar-refractivity contribution is 6.35. The molecule has 180 valence electrons. The van der Waals surface area contributed by atoms with Crippen molar-refractivity contribution in [1.82, 2.24) is 20.2 Å². The van der Waals surface area contributed by atoms with Crippen LogP contribution in [-0.4, -0.2) is 33.8 Å². The molecule has 0 atom stereocenters. The van der Waals surface area contributed by atoms with Gasteiger partial charge in [0.05, 0.1) is 22.0 Å². The summed E-state index contributed by atoms with van der Waals surface area (Å²) in [6, 6.07) is 10.6. The fourth-order valence-corrected chi connectivity index (χ4v) is 5.18. The van der Waals surface area contributed by atoms with Crippen LogP contribution in [0, 0.1) is 0 Å². The molecule has 5 rings (SSSR count). The van der Waals surface area contributed by atoms with Gasteiger partial charge in [-0.3, -0.25) is 10.2 Å². The topological polar surface area (TPSA) is 59.4 Å². The summed E-state index contributed by atoms with van der Waals surface area (Å²) in [5.74, 6) is 0.347. The molecule has 1 amide bonds. The molecule has 0 aliphatic carbocycles. The summed E-state index contributed by atoms with van der Waals surface area (Å²) in [7, 11) is 0. The Kier molecular flexibility index (Phi) is 7.09. The number of carbonyl (C=O) groups excluding carboxylic acids is 1. The SMILES string of the molecule is CC1(C)Oc2cc(Cl)ccc2-c2c1c(C(=O)NN1CCCCC1)nn2-c1ccc(Cl)cc1Cl.Cl. The maximum absolute atomic E-state index is 13.5. The van der Waals surface area contributed by atoms with Crippen LogP contribution in [0.25, 0.3) is 16.9 Å². The first kappa shape index (κ1) is 25.1. The Morgan fingerprint density at radius 1 is 1.03 bits per heavy atom. The predicted octanol–water partition coefficient (Wildman–Crippen LogP) is 6.68. The largest absolute Gasteiger partial charge is 0.482 e. The number of fused-ring (bicyclic) bond motifs is 3. The van der Waals surface area contributed by atoms with Crippen LogP contribution in [0.5, 0.6) is 5.75 Å². The Morgan fingerprint density at radius 3 is 2.41 bits per heavy atom. The maximum atomic E-state index is 13.5. The third-order valence-electron chi connectivity index (χ3n) is 6.02. The van der Waals surface area contributed by atoms with Gasteiger partial charge in [-0.15, -0.1) is 12.4 Å². The number of nitrogens with zero attached hydrogens (tertiary/aromatic N) is 3. The monoisotopic (exact) mass is 540 g/mol. The molecule has 0 unspecified atom stereocenters. The molecule has 2 aromatic carbocycles. The molecule has 2 aliphatic heterocycles. The van der Waals surface area contributed by atoms with Crippen molar-refractivity contribution in [2.24, 2.45) is 0 Å². The zero-order valence-electron chi connectivity index (χ0n) is 18.7. The molecule has 10 heteroatoms. The Morgan fingerprint density at radius 2 is 1.71 bits per heavy atom. The molecule has 0 radical (unpaired) electrons. The summed E-state index contributed by atoms with van der Waals surface area (Å²) in [4.78, 5) is 13.5. The lowest BCUT2D eigenvalue weighted by molar-refractivity contribution is 0.0720. The van der Waals surface area contributed by atoms with E-state index in [9.17, 15) is 4.79 Å². The molecule has 3 aromatic rings. The van der Waals surface area contributed by atoms with Gasteiger partial charge in [0, 0.05) is 28.7 Å². The van der Waals surface area contributed by atoms with E-state index in [1.54, 1.807) is 35.0 Å². The first-order valence-corrected chi connectivity index (χ1v) is 12.0. The summed E-state index contributed by atoms with van der Waals surface area (Å²) >= 11 is 19.0. The van der Waals surface area contributed by atoms with Crippen molar-refractivity contribution in [1.29, 1.82) is 0 Å². The van der Waals surface area contributed by atoms with Gasteiger partial charge in [0.1, 0.15) is 11.4 Å². The normalized spacial score (nSPS) is 16.6. The molecule has 1 saturated heterocycles. The van der Waals surface area contributed by atoms with Gasteiger partial charge in [-0.2, -0.15) is 5.10 Å². The maximum Gasteiger partial charge on any atom is 0.286 e. The molecule has 6 nitrogen and oxygen atoms in total. The molecule has 1 aromatic heterocycles. The number of hydrogen-bond acceptors (Lipinski definition) is 4. The van der Waals surface area contributed by atoms with Gasteiger partial charge >= 0.3 is 0 Å². The fourth-order valence-electron chi connectivity index (χ4n) is 4.53. The summed E-state index contributed by atoms with van der Waals surface area (Å²) < 4.78 is 8.02. The van der Waals surface area contributed by atoms with Crippen LogP contribution in [0.2, 0.25) is 15.1 Å². The van der Waals surface area contributed by atoms with E-state index in [0.717, 1.165) is 37.2 Å². The number of hydrogen-bond donors (Lipinski definition) is 1. The van der Waals surface area contributed by atoms with Crippen LogP contribution >= 0.6 is 47.2 Å². The van der Waals surface area contributed by atoms with Crippen LogP contribution in [0.15, 0.2) is 36.4 Å².